The monoisotopic (exact) mass is 443 g/mol. The van der Waals surface area contributed by atoms with Crippen LogP contribution in [0.15, 0.2) is 84.0 Å². The minimum Gasteiger partial charge on any atom is -0.489 e. The maximum absolute atomic E-state index is 12.6. The highest BCUT2D eigenvalue weighted by Crippen LogP contribution is 2.14. The molecule has 6 nitrogen and oxygen atoms in total. The molecule has 1 unspecified atom stereocenters. The molecule has 0 saturated carbocycles. The van der Waals surface area contributed by atoms with Crippen LogP contribution in [0.2, 0.25) is 0 Å². The zero-order valence-electron chi connectivity index (χ0n) is 19.1. The standard InChI is InChI=1S/C27H29N3O3/c1-19(2)25(29-26(31)23-10-5-4-6-11-23)27(32)30-28-17-21-12-14-24(15-13-21)33-18-22-9-7-8-20(3)16-22/h4-17,19,25H,18H2,1-3H3,(H,29,31)(H,30,32). The molecule has 3 aromatic carbocycles. The van der Waals surface area contributed by atoms with E-state index in [2.05, 4.69) is 34.9 Å². The van der Waals surface area contributed by atoms with Gasteiger partial charge in [0.15, 0.2) is 0 Å². The Morgan fingerprint density at radius 2 is 1.70 bits per heavy atom. The first-order valence-electron chi connectivity index (χ1n) is 10.9. The van der Waals surface area contributed by atoms with E-state index in [4.69, 9.17) is 4.74 Å². The summed E-state index contributed by atoms with van der Waals surface area (Å²) in [6, 6.07) is 23.7. The van der Waals surface area contributed by atoms with Gasteiger partial charge in [0.2, 0.25) is 0 Å². The Kier molecular flexibility index (Phi) is 8.36. The Balaban J connectivity index is 1.52. The normalized spacial score (nSPS) is 11.9. The highest BCUT2D eigenvalue weighted by atomic mass is 16.5. The van der Waals surface area contributed by atoms with E-state index in [0.29, 0.717) is 12.2 Å². The van der Waals surface area contributed by atoms with Gasteiger partial charge < -0.3 is 10.1 Å². The van der Waals surface area contributed by atoms with Gasteiger partial charge in [0.25, 0.3) is 11.8 Å². The molecule has 33 heavy (non-hydrogen) atoms. The third kappa shape index (κ3) is 7.31. The van der Waals surface area contributed by atoms with Crippen LogP contribution < -0.4 is 15.5 Å². The van der Waals surface area contributed by atoms with Gasteiger partial charge in [0.05, 0.1) is 6.21 Å². The average molecular weight is 444 g/mol. The molecular formula is C27H29N3O3. The molecule has 2 N–H and O–H groups in total. The van der Waals surface area contributed by atoms with Crippen LogP contribution in [-0.2, 0) is 11.4 Å². The Morgan fingerprint density at radius 3 is 2.36 bits per heavy atom. The van der Waals surface area contributed by atoms with E-state index < -0.39 is 6.04 Å². The minimum atomic E-state index is -0.702. The maximum Gasteiger partial charge on any atom is 0.262 e. The van der Waals surface area contributed by atoms with E-state index in [-0.39, 0.29) is 17.7 Å². The molecule has 0 aromatic heterocycles. The lowest BCUT2D eigenvalue weighted by Crippen LogP contribution is -2.48. The smallest absolute Gasteiger partial charge is 0.262 e. The lowest BCUT2D eigenvalue weighted by molar-refractivity contribution is -0.123. The molecule has 0 radical (unpaired) electrons. The van der Waals surface area contributed by atoms with Crippen molar-refractivity contribution in [3.8, 4) is 5.75 Å². The van der Waals surface area contributed by atoms with Crippen LogP contribution in [0.5, 0.6) is 5.75 Å². The van der Waals surface area contributed by atoms with Crippen molar-refractivity contribution in [3.63, 3.8) is 0 Å². The molecular weight excluding hydrogens is 414 g/mol. The fraction of sp³-hybridized carbons (Fsp3) is 0.222. The summed E-state index contributed by atoms with van der Waals surface area (Å²) in [4.78, 5) is 25.0. The largest absolute Gasteiger partial charge is 0.489 e. The van der Waals surface area contributed by atoms with E-state index >= 15 is 0 Å². The van der Waals surface area contributed by atoms with E-state index in [1.165, 1.54) is 5.56 Å². The van der Waals surface area contributed by atoms with Crippen LogP contribution in [0.3, 0.4) is 0 Å². The third-order valence-corrected chi connectivity index (χ3v) is 5.03. The van der Waals surface area contributed by atoms with Crippen molar-refractivity contribution in [2.45, 2.75) is 33.4 Å². The molecule has 0 aliphatic carbocycles. The van der Waals surface area contributed by atoms with Gasteiger partial charge in [-0.1, -0.05) is 61.9 Å². The van der Waals surface area contributed by atoms with Gasteiger partial charge in [-0.2, -0.15) is 5.10 Å². The van der Waals surface area contributed by atoms with Crippen molar-refractivity contribution in [2.75, 3.05) is 0 Å². The first-order chi connectivity index (χ1) is 15.9. The van der Waals surface area contributed by atoms with Crippen molar-refractivity contribution < 1.29 is 14.3 Å². The van der Waals surface area contributed by atoms with E-state index in [9.17, 15) is 9.59 Å². The number of nitrogens with one attached hydrogen (secondary N) is 2. The highest BCUT2D eigenvalue weighted by molar-refractivity contribution is 5.97. The summed E-state index contributed by atoms with van der Waals surface area (Å²) in [6.07, 6.45) is 1.55. The van der Waals surface area contributed by atoms with Gasteiger partial charge in [-0.15, -0.1) is 0 Å². The number of benzene rings is 3. The number of hydrogen-bond donors (Lipinski definition) is 2. The molecule has 3 aromatic rings. The maximum atomic E-state index is 12.6. The van der Waals surface area contributed by atoms with Crippen molar-refractivity contribution in [1.29, 1.82) is 0 Å². The fourth-order valence-corrected chi connectivity index (χ4v) is 3.21. The Labute approximate surface area is 194 Å². The molecule has 0 bridgehead atoms. The Hall–Kier alpha value is -3.93. The molecule has 170 valence electrons. The molecule has 0 fully saturated rings. The van der Waals surface area contributed by atoms with Crippen molar-refractivity contribution in [2.24, 2.45) is 11.0 Å². The lowest BCUT2D eigenvalue weighted by Gasteiger charge is -2.20. The lowest BCUT2D eigenvalue weighted by atomic mass is 10.0. The predicted octanol–water partition coefficient (Wildman–Crippen LogP) is 4.48. The van der Waals surface area contributed by atoms with Crippen LogP contribution in [-0.4, -0.2) is 24.1 Å². The van der Waals surface area contributed by atoms with Crippen molar-refractivity contribution in [1.82, 2.24) is 10.7 Å². The second-order valence-electron chi connectivity index (χ2n) is 8.14. The second-order valence-corrected chi connectivity index (χ2v) is 8.14. The molecule has 2 amide bonds. The molecule has 0 spiro atoms. The zero-order valence-corrected chi connectivity index (χ0v) is 19.1. The first kappa shape index (κ1) is 23.7. The van der Waals surface area contributed by atoms with E-state index in [0.717, 1.165) is 16.9 Å². The SMILES string of the molecule is Cc1cccc(COc2ccc(C=NNC(=O)C(NC(=O)c3ccccc3)C(C)C)cc2)c1. The molecule has 0 saturated heterocycles. The number of carbonyl (C=O) groups is 2. The first-order valence-corrected chi connectivity index (χ1v) is 10.9. The number of nitrogens with zero attached hydrogens (tertiary/aromatic N) is 1. The quantitative estimate of drug-likeness (QED) is 0.378. The Bertz CT molecular complexity index is 1090. The third-order valence-electron chi connectivity index (χ3n) is 5.03. The van der Waals surface area contributed by atoms with Gasteiger partial charge >= 0.3 is 0 Å². The van der Waals surface area contributed by atoms with Gasteiger partial charge in [0.1, 0.15) is 18.4 Å². The summed E-state index contributed by atoms with van der Waals surface area (Å²) in [6.45, 7) is 6.29. The molecule has 3 rings (SSSR count). The number of hydrogen-bond acceptors (Lipinski definition) is 4. The summed E-state index contributed by atoms with van der Waals surface area (Å²) in [5, 5.41) is 6.82. The number of carbonyl (C=O) groups excluding carboxylic acids is 2. The average Bonchev–Trinajstić information content (AvgIpc) is 2.82. The molecule has 1 atom stereocenters. The fourth-order valence-electron chi connectivity index (χ4n) is 3.21. The molecule has 0 heterocycles. The molecule has 0 aliphatic heterocycles. The number of amides is 2. The van der Waals surface area contributed by atoms with Gasteiger partial charge in [-0.05, 0) is 60.4 Å². The van der Waals surface area contributed by atoms with Crippen molar-refractivity contribution in [3.05, 3.63) is 101 Å². The van der Waals surface area contributed by atoms with Crippen LogP contribution in [0.1, 0.15) is 40.9 Å². The number of rotatable bonds is 9. The second kappa shape index (κ2) is 11.6. The van der Waals surface area contributed by atoms with E-state index in [1.54, 1.807) is 30.5 Å². The number of aryl methyl sites for hydroxylation is 1. The summed E-state index contributed by atoms with van der Waals surface area (Å²) in [5.41, 5.74) is 6.15. The summed E-state index contributed by atoms with van der Waals surface area (Å²) in [5.74, 6) is -0.0165. The van der Waals surface area contributed by atoms with Gasteiger partial charge in [-0.25, -0.2) is 5.43 Å². The number of ether oxygens (including phenoxy) is 1. The van der Waals surface area contributed by atoms with Crippen LogP contribution >= 0.6 is 0 Å². The molecule has 6 heteroatoms. The predicted molar refractivity (Wildman–Crippen MR) is 130 cm³/mol. The van der Waals surface area contributed by atoms with Crippen LogP contribution in [0, 0.1) is 12.8 Å². The molecule has 0 aliphatic rings. The Morgan fingerprint density at radius 1 is 0.970 bits per heavy atom. The van der Waals surface area contributed by atoms with Crippen molar-refractivity contribution >= 4 is 18.0 Å². The topological polar surface area (TPSA) is 79.8 Å². The zero-order chi connectivity index (χ0) is 23.6. The highest BCUT2D eigenvalue weighted by Gasteiger charge is 2.24. The summed E-state index contributed by atoms with van der Waals surface area (Å²) >= 11 is 0. The summed E-state index contributed by atoms with van der Waals surface area (Å²) < 4.78 is 5.82. The minimum absolute atomic E-state index is 0.0994. The van der Waals surface area contributed by atoms with Crippen LogP contribution in [0.4, 0.5) is 0 Å². The van der Waals surface area contributed by atoms with Gasteiger partial charge in [-0.3, -0.25) is 9.59 Å². The van der Waals surface area contributed by atoms with Gasteiger partial charge in [0, 0.05) is 5.56 Å². The van der Waals surface area contributed by atoms with E-state index in [1.807, 2.05) is 56.3 Å². The number of hydrazone groups is 1. The summed E-state index contributed by atoms with van der Waals surface area (Å²) in [7, 11) is 0. The van der Waals surface area contributed by atoms with Crippen LogP contribution in [0.25, 0.3) is 0 Å².